The summed E-state index contributed by atoms with van der Waals surface area (Å²) in [4.78, 5) is 0. The monoisotopic (exact) mass is 141 g/mol. The normalized spacial score (nSPS) is 34.2. The molecule has 1 aliphatic carbocycles. The van der Waals surface area contributed by atoms with E-state index in [4.69, 9.17) is 0 Å². The van der Waals surface area contributed by atoms with Crippen molar-refractivity contribution >= 4 is 0 Å². The Balaban J connectivity index is 2.25. The van der Waals surface area contributed by atoms with Crippen molar-refractivity contribution in [2.45, 2.75) is 51.6 Å². The van der Waals surface area contributed by atoms with Gasteiger partial charge in [0.2, 0.25) is 0 Å². The van der Waals surface area contributed by atoms with Crippen molar-refractivity contribution in [1.29, 1.82) is 0 Å². The van der Waals surface area contributed by atoms with E-state index in [-0.39, 0.29) is 6.10 Å². The highest BCUT2D eigenvalue weighted by molar-refractivity contribution is 4.73. The van der Waals surface area contributed by atoms with Crippen LogP contribution in [-0.4, -0.2) is 6.10 Å². The van der Waals surface area contributed by atoms with Crippen LogP contribution in [0.1, 0.15) is 45.4 Å². The van der Waals surface area contributed by atoms with Crippen molar-refractivity contribution in [3.8, 4) is 0 Å². The van der Waals surface area contributed by atoms with Gasteiger partial charge in [-0.2, -0.15) is 0 Å². The quantitative estimate of drug-likeness (QED) is 0.563. The molecule has 2 unspecified atom stereocenters. The number of rotatable bonds is 2. The zero-order chi connectivity index (χ0) is 7.40. The molecule has 10 heavy (non-hydrogen) atoms. The van der Waals surface area contributed by atoms with E-state index >= 15 is 0 Å². The molecule has 1 saturated carbocycles. The highest BCUT2D eigenvalue weighted by atomic mass is 16.3. The van der Waals surface area contributed by atoms with Crippen molar-refractivity contribution in [3.63, 3.8) is 0 Å². The van der Waals surface area contributed by atoms with Gasteiger partial charge in [-0.15, -0.1) is 0 Å². The molecule has 1 heteroatoms. The molecule has 0 bridgehead atoms. The Labute approximate surface area is 63.4 Å². The molecule has 0 spiro atoms. The first kappa shape index (κ1) is 8.06. The fourth-order valence-electron chi connectivity index (χ4n) is 1.87. The smallest absolute Gasteiger partial charge is 0.0958 e. The van der Waals surface area contributed by atoms with Crippen LogP contribution in [0.5, 0.6) is 0 Å². The van der Waals surface area contributed by atoms with E-state index in [0.717, 1.165) is 12.8 Å². The van der Waals surface area contributed by atoms with Crippen molar-refractivity contribution in [2.24, 2.45) is 5.92 Å². The van der Waals surface area contributed by atoms with Crippen LogP contribution in [0.4, 0.5) is 0 Å². The van der Waals surface area contributed by atoms with E-state index in [1.807, 2.05) is 0 Å². The summed E-state index contributed by atoms with van der Waals surface area (Å²) in [6, 6.07) is 0. The zero-order valence-corrected chi connectivity index (χ0v) is 6.81. The van der Waals surface area contributed by atoms with Gasteiger partial charge < -0.3 is 0 Å². The van der Waals surface area contributed by atoms with Gasteiger partial charge in [-0.25, -0.2) is 5.11 Å². The summed E-state index contributed by atoms with van der Waals surface area (Å²) in [6.07, 6.45) is 6.72. The van der Waals surface area contributed by atoms with Crippen LogP contribution >= 0.6 is 0 Å². The molecule has 1 aliphatic rings. The van der Waals surface area contributed by atoms with E-state index in [1.54, 1.807) is 0 Å². The van der Waals surface area contributed by atoms with Crippen LogP contribution in [-0.2, 0) is 5.11 Å². The first-order chi connectivity index (χ1) is 4.84. The highest BCUT2D eigenvalue weighted by Gasteiger charge is 2.22. The van der Waals surface area contributed by atoms with Crippen molar-refractivity contribution in [3.05, 3.63) is 0 Å². The van der Waals surface area contributed by atoms with E-state index in [9.17, 15) is 5.11 Å². The molecule has 0 N–H and O–H groups in total. The van der Waals surface area contributed by atoms with Gasteiger partial charge in [0.15, 0.2) is 0 Å². The maximum atomic E-state index is 11.3. The Morgan fingerprint density at radius 2 is 2.00 bits per heavy atom. The molecule has 2 atom stereocenters. The Hall–Kier alpha value is -0.0400. The third-order valence-corrected chi connectivity index (χ3v) is 2.50. The molecule has 0 saturated heterocycles. The minimum absolute atomic E-state index is 0.228. The minimum Gasteiger partial charge on any atom is -0.233 e. The van der Waals surface area contributed by atoms with E-state index < -0.39 is 0 Å². The summed E-state index contributed by atoms with van der Waals surface area (Å²) < 4.78 is 0. The molecular formula is C9H17O. The van der Waals surface area contributed by atoms with Crippen LogP contribution in [0.15, 0.2) is 0 Å². The molecule has 0 aliphatic heterocycles. The van der Waals surface area contributed by atoms with Gasteiger partial charge in [0.25, 0.3) is 0 Å². The van der Waals surface area contributed by atoms with Crippen LogP contribution in [0, 0.1) is 5.92 Å². The van der Waals surface area contributed by atoms with E-state index in [2.05, 4.69) is 6.92 Å². The first-order valence-corrected chi connectivity index (χ1v) is 4.50. The predicted octanol–water partition coefficient (Wildman–Crippen LogP) is 2.78. The van der Waals surface area contributed by atoms with Crippen LogP contribution in [0.25, 0.3) is 0 Å². The van der Waals surface area contributed by atoms with Gasteiger partial charge >= 0.3 is 0 Å². The lowest BCUT2D eigenvalue weighted by atomic mass is 9.84. The van der Waals surface area contributed by atoms with Gasteiger partial charge in [0.1, 0.15) is 0 Å². The Morgan fingerprint density at radius 3 is 2.60 bits per heavy atom. The largest absolute Gasteiger partial charge is 0.233 e. The van der Waals surface area contributed by atoms with Gasteiger partial charge in [0, 0.05) is 0 Å². The van der Waals surface area contributed by atoms with Gasteiger partial charge in [0.05, 0.1) is 6.10 Å². The fourth-order valence-corrected chi connectivity index (χ4v) is 1.87. The summed E-state index contributed by atoms with van der Waals surface area (Å²) in [5, 5.41) is 11.3. The Kier molecular flexibility index (Phi) is 3.20. The van der Waals surface area contributed by atoms with Crippen LogP contribution in [0.2, 0.25) is 0 Å². The lowest BCUT2D eigenvalue weighted by Gasteiger charge is -2.25. The summed E-state index contributed by atoms with van der Waals surface area (Å²) in [7, 11) is 0. The molecule has 1 fully saturated rings. The Morgan fingerprint density at radius 1 is 1.30 bits per heavy atom. The van der Waals surface area contributed by atoms with Crippen molar-refractivity contribution in [2.75, 3.05) is 0 Å². The maximum absolute atomic E-state index is 11.3. The molecule has 0 heterocycles. The molecular weight excluding hydrogens is 124 g/mol. The molecule has 59 valence electrons. The van der Waals surface area contributed by atoms with E-state index in [1.165, 1.54) is 25.7 Å². The highest BCUT2D eigenvalue weighted by Crippen LogP contribution is 2.27. The topological polar surface area (TPSA) is 19.9 Å². The number of hydrogen-bond donors (Lipinski definition) is 0. The summed E-state index contributed by atoms with van der Waals surface area (Å²) >= 11 is 0. The lowest BCUT2D eigenvalue weighted by molar-refractivity contribution is 0.00477. The standard InChI is InChI=1S/C9H17O/c1-2-5-8-6-3-4-7-9(8)10/h8-9H,2-7H2,1H3. The average Bonchev–Trinajstić information content (AvgIpc) is 1.94. The third kappa shape index (κ3) is 1.98. The van der Waals surface area contributed by atoms with Crippen molar-refractivity contribution < 1.29 is 5.11 Å². The average molecular weight is 141 g/mol. The maximum Gasteiger partial charge on any atom is 0.0958 e. The second-order valence-corrected chi connectivity index (χ2v) is 3.37. The third-order valence-electron chi connectivity index (χ3n) is 2.50. The molecule has 1 rings (SSSR count). The second kappa shape index (κ2) is 3.97. The van der Waals surface area contributed by atoms with Gasteiger partial charge in [-0.3, -0.25) is 0 Å². The molecule has 0 aromatic carbocycles. The fraction of sp³-hybridized carbons (Fsp3) is 1.00. The summed E-state index contributed by atoms with van der Waals surface area (Å²) in [5.41, 5.74) is 0. The Bertz CT molecular complexity index is 88.7. The molecule has 0 aromatic rings. The summed E-state index contributed by atoms with van der Waals surface area (Å²) in [6.45, 7) is 2.17. The molecule has 0 amide bonds. The van der Waals surface area contributed by atoms with Crippen LogP contribution < -0.4 is 0 Å². The number of hydrogen-bond acceptors (Lipinski definition) is 0. The minimum atomic E-state index is -0.228. The zero-order valence-electron chi connectivity index (χ0n) is 6.81. The molecule has 0 aromatic heterocycles. The lowest BCUT2D eigenvalue weighted by Crippen LogP contribution is -2.22. The summed E-state index contributed by atoms with van der Waals surface area (Å²) in [5.74, 6) is 0.513. The predicted molar refractivity (Wildman–Crippen MR) is 41.3 cm³/mol. The van der Waals surface area contributed by atoms with Gasteiger partial charge in [-0.1, -0.05) is 26.2 Å². The SMILES string of the molecule is CCCC1CCCCC1[O]. The van der Waals surface area contributed by atoms with Crippen LogP contribution in [0.3, 0.4) is 0 Å². The van der Waals surface area contributed by atoms with Crippen molar-refractivity contribution in [1.82, 2.24) is 0 Å². The first-order valence-electron chi connectivity index (χ1n) is 4.50. The van der Waals surface area contributed by atoms with E-state index in [0.29, 0.717) is 5.92 Å². The molecule has 1 nitrogen and oxygen atoms in total. The second-order valence-electron chi connectivity index (χ2n) is 3.37. The molecule has 1 radical (unpaired) electrons. The van der Waals surface area contributed by atoms with Gasteiger partial charge in [-0.05, 0) is 25.2 Å².